The number of hydrogen-bond donors (Lipinski definition) is 1. The molecule has 0 unspecified atom stereocenters. The van der Waals surface area contributed by atoms with Gasteiger partial charge in [0.1, 0.15) is 0 Å². The smallest absolute Gasteiger partial charge is 0.251 e. The van der Waals surface area contributed by atoms with Gasteiger partial charge in [-0.15, -0.1) is 10.2 Å². The molecule has 3 aromatic rings. The molecule has 0 bridgehead atoms. The largest absolute Gasteiger partial charge is 0.315 e. The average molecular weight is 416 g/mol. The molecule has 0 saturated heterocycles. The summed E-state index contributed by atoms with van der Waals surface area (Å²) in [7, 11) is -1.87. The fourth-order valence-electron chi connectivity index (χ4n) is 2.75. The number of carbonyl (C=O) groups excluding carboxylic acids is 1. The SMILES string of the molecule is Cn1nnc(-c2ccc(-c3ccn(CCCC(=O)NS(C)(=O)=O)c(=O)c3)cc2)n1. The van der Waals surface area contributed by atoms with Gasteiger partial charge in [0, 0.05) is 30.8 Å². The monoisotopic (exact) mass is 416 g/mol. The lowest BCUT2D eigenvalue weighted by atomic mass is 10.0. The summed E-state index contributed by atoms with van der Waals surface area (Å²) in [5, 5.41) is 11.9. The number of nitrogens with one attached hydrogen (secondary N) is 1. The quantitative estimate of drug-likeness (QED) is 0.596. The Morgan fingerprint density at radius 3 is 2.38 bits per heavy atom. The van der Waals surface area contributed by atoms with Crippen LogP contribution < -0.4 is 10.3 Å². The van der Waals surface area contributed by atoms with E-state index in [9.17, 15) is 18.0 Å². The van der Waals surface area contributed by atoms with Crippen molar-refractivity contribution >= 4 is 15.9 Å². The van der Waals surface area contributed by atoms with Gasteiger partial charge in [0.15, 0.2) is 0 Å². The highest BCUT2D eigenvalue weighted by molar-refractivity contribution is 7.89. The number of aryl methyl sites for hydroxylation is 2. The van der Waals surface area contributed by atoms with E-state index in [0.29, 0.717) is 18.8 Å². The molecule has 1 amide bonds. The summed E-state index contributed by atoms with van der Waals surface area (Å²) in [5.74, 6) is -0.0655. The second-order valence-electron chi connectivity index (χ2n) is 6.53. The molecule has 0 fully saturated rings. The van der Waals surface area contributed by atoms with E-state index in [1.54, 1.807) is 13.2 Å². The van der Waals surface area contributed by atoms with E-state index < -0.39 is 15.9 Å². The first-order valence-corrected chi connectivity index (χ1v) is 10.7. The molecule has 3 rings (SSSR count). The molecule has 2 heterocycles. The van der Waals surface area contributed by atoms with E-state index in [-0.39, 0.29) is 12.0 Å². The molecule has 0 aliphatic heterocycles. The number of pyridine rings is 1. The van der Waals surface area contributed by atoms with Crippen LogP contribution in [-0.4, -0.2) is 45.4 Å². The standard InChI is InChI=1S/C18H20N6O4S/c1-23-20-18(19-22-23)14-7-5-13(6-8-14)15-9-11-24(17(26)12-15)10-3-4-16(25)21-29(2,27)28/h5-9,11-12H,3-4,10H2,1-2H3,(H,21,25). The molecule has 0 radical (unpaired) electrons. The first-order valence-electron chi connectivity index (χ1n) is 8.77. The second kappa shape index (κ2) is 8.35. The van der Waals surface area contributed by atoms with Gasteiger partial charge in [-0.1, -0.05) is 24.3 Å². The maximum absolute atomic E-state index is 12.3. The van der Waals surface area contributed by atoms with Crippen molar-refractivity contribution in [2.75, 3.05) is 6.26 Å². The maximum Gasteiger partial charge on any atom is 0.251 e. The van der Waals surface area contributed by atoms with Crippen LogP contribution in [0.15, 0.2) is 47.4 Å². The van der Waals surface area contributed by atoms with E-state index in [1.807, 2.05) is 35.1 Å². The van der Waals surface area contributed by atoms with Crippen molar-refractivity contribution in [3.05, 3.63) is 52.9 Å². The normalized spacial score (nSPS) is 11.4. The number of hydrogen-bond acceptors (Lipinski definition) is 7. The minimum atomic E-state index is -3.56. The fraction of sp³-hybridized carbons (Fsp3) is 0.278. The van der Waals surface area contributed by atoms with E-state index in [0.717, 1.165) is 22.9 Å². The Kier molecular flexibility index (Phi) is 5.87. The van der Waals surface area contributed by atoms with Crippen molar-refractivity contribution in [2.24, 2.45) is 7.05 Å². The third kappa shape index (κ3) is 5.57. The number of amides is 1. The number of tetrazole rings is 1. The summed E-state index contributed by atoms with van der Waals surface area (Å²) < 4.78 is 25.4. The van der Waals surface area contributed by atoms with Crippen LogP contribution in [0.5, 0.6) is 0 Å². The van der Waals surface area contributed by atoms with Gasteiger partial charge < -0.3 is 4.57 Å². The Labute approximate surface area is 167 Å². The molecule has 2 aromatic heterocycles. The zero-order chi connectivity index (χ0) is 21.0. The van der Waals surface area contributed by atoms with Gasteiger partial charge in [-0.05, 0) is 28.8 Å². The molecule has 0 aliphatic rings. The number of carbonyl (C=O) groups is 1. The lowest BCUT2D eigenvalue weighted by Crippen LogP contribution is -2.29. The second-order valence-corrected chi connectivity index (χ2v) is 8.28. The average Bonchev–Trinajstić information content (AvgIpc) is 3.08. The lowest BCUT2D eigenvalue weighted by molar-refractivity contribution is -0.119. The third-order valence-electron chi connectivity index (χ3n) is 4.08. The van der Waals surface area contributed by atoms with Crippen LogP contribution >= 0.6 is 0 Å². The van der Waals surface area contributed by atoms with Crippen LogP contribution in [-0.2, 0) is 28.4 Å². The lowest BCUT2D eigenvalue weighted by Gasteiger charge is -2.08. The van der Waals surface area contributed by atoms with Gasteiger partial charge >= 0.3 is 0 Å². The summed E-state index contributed by atoms with van der Waals surface area (Å²) in [6, 6.07) is 10.8. The van der Waals surface area contributed by atoms with Crippen LogP contribution in [0.3, 0.4) is 0 Å². The predicted octanol–water partition coefficient (Wildman–Crippen LogP) is 0.562. The zero-order valence-corrected chi connectivity index (χ0v) is 16.8. The molecule has 1 aromatic carbocycles. The zero-order valence-electron chi connectivity index (χ0n) is 15.9. The van der Waals surface area contributed by atoms with Crippen LogP contribution in [0, 0.1) is 0 Å². The van der Waals surface area contributed by atoms with Crippen molar-refractivity contribution < 1.29 is 13.2 Å². The number of aromatic nitrogens is 5. The van der Waals surface area contributed by atoms with Crippen molar-refractivity contribution in [1.29, 1.82) is 0 Å². The molecule has 11 heteroatoms. The minimum absolute atomic E-state index is 0.0130. The van der Waals surface area contributed by atoms with Gasteiger partial charge in [-0.25, -0.2) is 8.42 Å². The van der Waals surface area contributed by atoms with Crippen LogP contribution in [0.2, 0.25) is 0 Å². The first-order chi connectivity index (χ1) is 13.7. The fourth-order valence-corrected chi connectivity index (χ4v) is 3.27. The highest BCUT2D eigenvalue weighted by atomic mass is 32.2. The number of benzene rings is 1. The molecule has 10 nitrogen and oxygen atoms in total. The summed E-state index contributed by atoms with van der Waals surface area (Å²) >= 11 is 0. The van der Waals surface area contributed by atoms with Crippen LogP contribution in [0.1, 0.15) is 12.8 Å². The summed E-state index contributed by atoms with van der Waals surface area (Å²) in [6.07, 6.45) is 2.94. The van der Waals surface area contributed by atoms with Crippen molar-refractivity contribution in [3.63, 3.8) is 0 Å². The highest BCUT2D eigenvalue weighted by Crippen LogP contribution is 2.21. The van der Waals surface area contributed by atoms with E-state index in [1.165, 1.54) is 15.4 Å². The van der Waals surface area contributed by atoms with E-state index in [4.69, 9.17) is 0 Å². The Morgan fingerprint density at radius 1 is 1.10 bits per heavy atom. The minimum Gasteiger partial charge on any atom is -0.315 e. The Bertz CT molecular complexity index is 1180. The van der Waals surface area contributed by atoms with E-state index >= 15 is 0 Å². The molecular weight excluding hydrogens is 396 g/mol. The third-order valence-corrected chi connectivity index (χ3v) is 4.68. The molecule has 0 saturated carbocycles. The predicted molar refractivity (Wildman–Crippen MR) is 106 cm³/mol. The van der Waals surface area contributed by atoms with Crippen molar-refractivity contribution in [1.82, 2.24) is 29.5 Å². The molecule has 29 heavy (non-hydrogen) atoms. The maximum atomic E-state index is 12.3. The molecular formula is C18H20N6O4S. The highest BCUT2D eigenvalue weighted by Gasteiger charge is 2.09. The van der Waals surface area contributed by atoms with E-state index in [2.05, 4.69) is 15.4 Å². The number of nitrogens with zero attached hydrogens (tertiary/aromatic N) is 5. The Balaban J connectivity index is 1.65. The molecule has 0 spiro atoms. The topological polar surface area (TPSA) is 129 Å². The number of rotatable bonds is 7. The van der Waals surface area contributed by atoms with Crippen molar-refractivity contribution in [3.8, 4) is 22.5 Å². The van der Waals surface area contributed by atoms with Crippen LogP contribution in [0.25, 0.3) is 22.5 Å². The molecule has 0 aliphatic carbocycles. The van der Waals surface area contributed by atoms with Gasteiger partial charge in [-0.2, -0.15) is 4.80 Å². The molecule has 152 valence electrons. The van der Waals surface area contributed by atoms with Gasteiger partial charge in [0.2, 0.25) is 21.8 Å². The Morgan fingerprint density at radius 2 is 1.79 bits per heavy atom. The van der Waals surface area contributed by atoms with Crippen LogP contribution in [0.4, 0.5) is 0 Å². The van der Waals surface area contributed by atoms with Gasteiger partial charge in [0.25, 0.3) is 5.56 Å². The summed E-state index contributed by atoms with van der Waals surface area (Å²) in [5.41, 5.74) is 2.25. The van der Waals surface area contributed by atoms with Crippen molar-refractivity contribution in [2.45, 2.75) is 19.4 Å². The van der Waals surface area contributed by atoms with Gasteiger partial charge in [-0.3, -0.25) is 14.3 Å². The Hall–Kier alpha value is -3.34. The molecule has 1 N–H and O–H groups in total. The summed E-state index contributed by atoms with van der Waals surface area (Å²) in [4.78, 5) is 25.2. The number of sulfonamides is 1. The van der Waals surface area contributed by atoms with Gasteiger partial charge in [0.05, 0.1) is 13.3 Å². The molecule has 0 atom stereocenters. The first kappa shape index (κ1) is 20.4. The summed E-state index contributed by atoms with van der Waals surface area (Å²) in [6.45, 7) is 0.313.